The molecule has 0 aliphatic heterocycles. The molecule has 0 aromatic heterocycles. The average molecular weight is 338 g/mol. The Morgan fingerprint density at radius 2 is 1.79 bits per heavy atom. The highest BCUT2D eigenvalue weighted by Crippen LogP contribution is 2.31. The fourth-order valence-corrected chi connectivity index (χ4v) is 1.90. The Hall–Kier alpha value is -3.03. The van der Waals surface area contributed by atoms with Crippen molar-refractivity contribution in [1.82, 2.24) is 0 Å². The number of nitrogens with two attached hydrogens (primary N) is 1. The van der Waals surface area contributed by atoms with Crippen LogP contribution in [0.1, 0.15) is 15.9 Å². The molecule has 126 valence electrons. The normalized spacial score (nSPS) is 11.0. The molecule has 0 heterocycles. The lowest BCUT2D eigenvalue weighted by molar-refractivity contribution is -0.137. The maximum Gasteiger partial charge on any atom is 0.416 e. The van der Waals surface area contributed by atoms with Crippen LogP contribution in [0, 0.1) is 0 Å². The van der Waals surface area contributed by atoms with Crippen LogP contribution in [-0.4, -0.2) is 18.4 Å². The Morgan fingerprint density at radius 3 is 2.46 bits per heavy atom. The number of rotatable bonds is 5. The van der Waals surface area contributed by atoms with Crippen molar-refractivity contribution in [1.29, 1.82) is 0 Å². The number of ether oxygens (including phenoxy) is 1. The van der Waals surface area contributed by atoms with Crippen LogP contribution in [0.25, 0.3) is 0 Å². The van der Waals surface area contributed by atoms with Gasteiger partial charge in [0.25, 0.3) is 11.8 Å². The number of carbonyl (C=O) groups is 2. The average Bonchev–Trinajstić information content (AvgIpc) is 2.53. The zero-order valence-corrected chi connectivity index (χ0v) is 12.3. The molecule has 0 aliphatic carbocycles. The van der Waals surface area contributed by atoms with E-state index >= 15 is 0 Å². The second kappa shape index (κ2) is 7.03. The molecule has 0 unspecified atom stereocenters. The second-order valence-corrected chi connectivity index (χ2v) is 4.77. The van der Waals surface area contributed by atoms with Crippen molar-refractivity contribution in [3.63, 3.8) is 0 Å². The SMILES string of the molecule is NC(=O)c1ccccc1NC(=O)COc1cccc(C(F)(F)F)c1. The molecule has 24 heavy (non-hydrogen) atoms. The zero-order valence-electron chi connectivity index (χ0n) is 12.3. The first kappa shape index (κ1) is 17.3. The third kappa shape index (κ3) is 4.48. The van der Waals surface area contributed by atoms with Gasteiger partial charge >= 0.3 is 6.18 Å². The van der Waals surface area contributed by atoms with Gasteiger partial charge in [-0.2, -0.15) is 13.2 Å². The highest BCUT2D eigenvalue weighted by atomic mass is 19.4. The largest absolute Gasteiger partial charge is 0.484 e. The van der Waals surface area contributed by atoms with Crippen LogP contribution in [-0.2, 0) is 11.0 Å². The van der Waals surface area contributed by atoms with Crippen molar-refractivity contribution >= 4 is 17.5 Å². The lowest BCUT2D eigenvalue weighted by Crippen LogP contribution is -2.23. The summed E-state index contributed by atoms with van der Waals surface area (Å²) in [6, 6.07) is 10.3. The van der Waals surface area contributed by atoms with Gasteiger partial charge in [-0.25, -0.2) is 0 Å². The number of hydrogen-bond acceptors (Lipinski definition) is 3. The molecule has 0 saturated carbocycles. The van der Waals surface area contributed by atoms with Gasteiger partial charge in [0.2, 0.25) is 0 Å². The molecule has 2 aromatic rings. The first-order chi connectivity index (χ1) is 11.3. The lowest BCUT2D eigenvalue weighted by atomic mass is 10.1. The van der Waals surface area contributed by atoms with Crippen molar-refractivity contribution in [2.24, 2.45) is 5.73 Å². The third-order valence-corrected chi connectivity index (χ3v) is 3.00. The van der Waals surface area contributed by atoms with Gasteiger partial charge in [-0.15, -0.1) is 0 Å². The number of hydrogen-bond donors (Lipinski definition) is 2. The van der Waals surface area contributed by atoms with E-state index < -0.39 is 30.2 Å². The number of benzene rings is 2. The number of primary amides is 1. The Balaban J connectivity index is 2.01. The molecular weight excluding hydrogens is 325 g/mol. The van der Waals surface area contributed by atoms with E-state index in [1.165, 1.54) is 24.3 Å². The summed E-state index contributed by atoms with van der Waals surface area (Å²) in [6.45, 7) is -0.519. The van der Waals surface area contributed by atoms with E-state index in [0.29, 0.717) is 0 Å². The van der Waals surface area contributed by atoms with Crippen molar-refractivity contribution < 1.29 is 27.5 Å². The fourth-order valence-electron chi connectivity index (χ4n) is 1.90. The minimum absolute atomic E-state index is 0.0943. The first-order valence-electron chi connectivity index (χ1n) is 6.76. The summed E-state index contributed by atoms with van der Waals surface area (Å²) in [5.41, 5.74) is 4.62. The molecular formula is C16H13F3N2O3. The molecule has 0 bridgehead atoms. The molecule has 0 spiro atoms. The number of alkyl halides is 3. The maximum atomic E-state index is 12.6. The molecule has 0 aliphatic rings. The van der Waals surface area contributed by atoms with Crippen LogP contribution >= 0.6 is 0 Å². The number of nitrogens with one attached hydrogen (secondary N) is 1. The van der Waals surface area contributed by atoms with E-state index in [1.54, 1.807) is 12.1 Å². The van der Waals surface area contributed by atoms with E-state index in [-0.39, 0.29) is 17.0 Å². The summed E-state index contributed by atoms with van der Waals surface area (Å²) in [6.07, 6.45) is -4.50. The Labute approximate surface area is 135 Å². The summed E-state index contributed by atoms with van der Waals surface area (Å²) in [5, 5.41) is 2.42. The summed E-state index contributed by atoms with van der Waals surface area (Å²) in [7, 11) is 0. The molecule has 2 rings (SSSR count). The molecule has 5 nitrogen and oxygen atoms in total. The van der Waals surface area contributed by atoms with E-state index in [4.69, 9.17) is 10.5 Å². The molecule has 0 atom stereocenters. The number of amides is 2. The predicted molar refractivity (Wildman–Crippen MR) is 80.5 cm³/mol. The van der Waals surface area contributed by atoms with E-state index in [0.717, 1.165) is 12.1 Å². The highest BCUT2D eigenvalue weighted by molar-refractivity contribution is 6.03. The molecule has 3 N–H and O–H groups in total. The summed E-state index contributed by atoms with van der Waals surface area (Å²) < 4.78 is 42.8. The van der Waals surface area contributed by atoms with Gasteiger partial charge < -0.3 is 15.8 Å². The van der Waals surface area contributed by atoms with Crippen LogP contribution in [0.4, 0.5) is 18.9 Å². The van der Waals surface area contributed by atoms with Gasteiger partial charge in [0.1, 0.15) is 5.75 Å². The monoisotopic (exact) mass is 338 g/mol. The zero-order chi connectivity index (χ0) is 17.7. The standard InChI is InChI=1S/C16H13F3N2O3/c17-16(18,19)10-4-3-5-11(8-10)24-9-14(22)21-13-7-2-1-6-12(13)15(20)23/h1-8H,9H2,(H2,20,23)(H,21,22). The third-order valence-electron chi connectivity index (χ3n) is 3.00. The maximum absolute atomic E-state index is 12.6. The van der Waals surface area contributed by atoms with Crippen LogP contribution in [0.15, 0.2) is 48.5 Å². The minimum atomic E-state index is -4.50. The first-order valence-corrected chi connectivity index (χ1v) is 6.76. The van der Waals surface area contributed by atoms with Gasteiger partial charge in [-0.3, -0.25) is 9.59 Å². The van der Waals surface area contributed by atoms with Crippen molar-refractivity contribution in [2.75, 3.05) is 11.9 Å². The fraction of sp³-hybridized carbons (Fsp3) is 0.125. The number of carbonyl (C=O) groups excluding carboxylic acids is 2. The lowest BCUT2D eigenvalue weighted by Gasteiger charge is -2.11. The number of halogens is 3. The Kier molecular flexibility index (Phi) is 5.08. The second-order valence-electron chi connectivity index (χ2n) is 4.77. The van der Waals surface area contributed by atoms with Crippen molar-refractivity contribution in [2.45, 2.75) is 6.18 Å². The van der Waals surface area contributed by atoms with Crippen LogP contribution in [0.5, 0.6) is 5.75 Å². The van der Waals surface area contributed by atoms with Crippen molar-refractivity contribution in [3.05, 3.63) is 59.7 Å². The summed E-state index contributed by atoms with van der Waals surface area (Å²) >= 11 is 0. The van der Waals surface area contributed by atoms with Gasteiger partial charge in [-0.1, -0.05) is 18.2 Å². The van der Waals surface area contributed by atoms with Gasteiger partial charge in [0, 0.05) is 0 Å². The quantitative estimate of drug-likeness (QED) is 0.879. The molecule has 8 heteroatoms. The van der Waals surface area contributed by atoms with E-state index in [2.05, 4.69) is 5.32 Å². The van der Waals surface area contributed by atoms with Gasteiger partial charge in [0.15, 0.2) is 6.61 Å². The summed E-state index contributed by atoms with van der Waals surface area (Å²) in [4.78, 5) is 23.1. The molecule has 0 fully saturated rings. The van der Waals surface area contributed by atoms with Gasteiger partial charge in [0.05, 0.1) is 16.8 Å². The summed E-state index contributed by atoms with van der Waals surface area (Å²) in [5.74, 6) is -1.45. The Morgan fingerprint density at radius 1 is 1.08 bits per heavy atom. The van der Waals surface area contributed by atoms with E-state index in [9.17, 15) is 22.8 Å². The van der Waals surface area contributed by atoms with E-state index in [1.807, 2.05) is 0 Å². The highest BCUT2D eigenvalue weighted by Gasteiger charge is 2.30. The number of para-hydroxylation sites is 1. The van der Waals surface area contributed by atoms with Crippen LogP contribution < -0.4 is 15.8 Å². The molecule has 2 aromatic carbocycles. The smallest absolute Gasteiger partial charge is 0.416 e. The number of anilines is 1. The van der Waals surface area contributed by atoms with Gasteiger partial charge in [-0.05, 0) is 30.3 Å². The minimum Gasteiger partial charge on any atom is -0.484 e. The Bertz CT molecular complexity index is 760. The van der Waals surface area contributed by atoms with Crippen LogP contribution in [0.3, 0.4) is 0 Å². The molecule has 0 saturated heterocycles. The van der Waals surface area contributed by atoms with Crippen molar-refractivity contribution in [3.8, 4) is 5.75 Å². The molecule has 0 radical (unpaired) electrons. The predicted octanol–water partition coefficient (Wildman–Crippen LogP) is 2.82. The topological polar surface area (TPSA) is 81.4 Å². The molecule has 2 amide bonds. The van der Waals surface area contributed by atoms with Crippen LogP contribution in [0.2, 0.25) is 0 Å².